The summed E-state index contributed by atoms with van der Waals surface area (Å²) in [6.45, 7) is 6.99. The van der Waals surface area contributed by atoms with Crippen LogP contribution in [0, 0.1) is 0 Å². The second-order valence-corrected chi connectivity index (χ2v) is 5.85. The number of hydrogen-bond donors (Lipinski definition) is 1. The predicted octanol–water partition coefficient (Wildman–Crippen LogP) is 1.95. The van der Waals surface area contributed by atoms with Gasteiger partial charge in [-0.25, -0.2) is 0 Å². The minimum absolute atomic E-state index is 0.0757. The van der Waals surface area contributed by atoms with E-state index in [0.29, 0.717) is 0 Å². The Kier molecular flexibility index (Phi) is 4.70. The van der Waals surface area contributed by atoms with Crippen molar-refractivity contribution < 1.29 is 4.74 Å². The van der Waals surface area contributed by atoms with Crippen LogP contribution in [0.5, 0.6) is 5.75 Å². The van der Waals surface area contributed by atoms with Gasteiger partial charge >= 0.3 is 0 Å². The van der Waals surface area contributed by atoms with Crippen LogP contribution in [0.2, 0.25) is 0 Å². The number of nitrogens with zero attached hydrogens (tertiary/aromatic N) is 3. The maximum atomic E-state index is 5.51. The molecule has 0 saturated carbocycles. The molecule has 114 valence electrons. The summed E-state index contributed by atoms with van der Waals surface area (Å²) in [5.41, 5.74) is 1.21. The van der Waals surface area contributed by atoms with Crippen LogP contribution in [0.1, 0.15) is 44.8 Å². The van der Waals surface area contributed by atoms with Crippen molar-refractivity contribution in [2.75, 3.05) is 27.2 Å². The molecule has 0 bridgehead atoms. The predicted molar refractivity (Wildman–Crippen MR) is 81.1 cm³/mol. The molecular formula is C15H28N4O. The fourth-order valence-electron chi connectivity index (χ4n) is 3.49. The first-order valence-electron chi connectivity index (χ1n) is 7.56. The fourth-order valence-corrected chi connectivity index (χ4v) is 3.49. The molecule has 2 unspecified atom stereocenters. The number of nitrogens with one attached hydrogen (secondary N) is 1. The summed E-state index contributed by atoms with van der Waals surface area (Å²) in [6.07, 6.45) is 5.50. The van der Waals surface area contributed by atoms with Crippen LogP contribution in [-0.4, -0.2) is 47.5 Å². The third kappa shape index (κ3) is 2.44. The smallest absolute Gasteiger partial charge is 0.161 e. The minimum Gasteiger partial charge on any atom is -0.493 e. The Hall–Kier alpha value is -1.07. The highest BCUT2D eigenvalue weighted by Crippen LogP contribution is 2.39. The first-order chi connectivity index (χ1) is 9.58. The molecule has 1 aliphatic rings. The van der Waals surface area contributed by atoms with E-state index in [1.807, 2.05) is 18.8 Å². The lowest BCUT2D eigenvalue weighted by Crippen LogP contribution is -2.53. The van der Waals surface area contributed by atoms with E-state index >= 15 is 0 Å². The van der Waals surface area contributed by atoms with Crippen LogP contribution < -0.4 is 10.1 Å². The molecule has 1 N–H and O–H groups in total. The maximum Gasteiger partial charge on any atom is 0.161 e. The van der Waals surface area contributed by atoms with E-state index in [0.717, 1.165) is 17.9 Å². The molecule has 2 atom stereocenters. The van der Waals surface area contributed by atoms with Crippen LogP contribution in [-0.2, 0) is 7.05 Å². The van der Waals surface area contributed by atoms with Crippen molar-refractivity contribution in [1.82, 2.24) is 20.0 Å². The minimum atomic E-state index is 0.0757. The van der Waals surface area contributed by atoms with E-state index in [9.17, 15) is 0 Å². The Balaban J connectivity index is 2.40. The van der Waals surface area contributed by atoms with Gasteiger partial charge < -0.3 is 10.1 Å². The van der Waals surface area contributed by atoms with Crippen LogP contribution in [0.4, 0.5) is 0 Å². The Bertz CT molecular complexity index is 439. The normalized spacial score (nSPS) is 20.9. The van der Waals surface area contributed by atoms with Crippen LogP contribution >= 0.6 is 0 Å². The van der Waals surface area contributed by atoms with E-state index in [2.05, 4.69) is 29.2 Å². The molecule has 5 nitrogen and oxygen atoms in total. The topological polar surface area (TPSA) is 42.3 Å². The largest absolute Gasteiger partial charge is 0.493 e. The average molecular weight is 280 g/mol. The van der Waals surface area contributed by atoms with Gasteiger partial charge in [0.25, 0.3) is 0 Å². The van der Waals surface area contributed by atoms with Gasteiger partial charge in [0, 0.05) is 12.6 Å². The lowest BCUT2D eigenvalue weighted by molar-refractivity contribution is 0.0828. The summed E-state index contributed by atoms with van der Waals surface area (Å²) in [6, 6.07) is 0.202. The van der Waals surface area contributed by atoms with Gasteiger partial charge in [0.1, 0.15) is 0 Å². The van der Waals surface area contributed by atoms with Gasteiger partial charge in [0.15, 0.2) is 5.75 Å². The van der Waals surface area contributed by atoms with Crippen molar-refractivity contribution in [3.05, 3.63) is 11.9 Å². The van der Waals surface area contributed by atoms with Crippen LogP contribution in [0.3, 0.4) is 0 Å². The van der Waals surface area contributed by atoms with E-state index in [-0.39, 0.29) is 11.6 Å². The number of hydrogen-bond acceptors (Lipinski definition) is 4. The molecule has 5 heteroatoms. The second-order valence-electron chi connectivity index (χ2n) is 5.85. The molecule has 1 fully saturated rings. The highest BCUT2D eigenvalue weighted by molar-refractivity contribution is 5.31. The second kappa shape index (κ2) is 6.14. The summed E-state index contributed by atoms with van der Waals surface area (Å²) in [5.74, 6) is 0.866. The van der Waals surface area contributed by atoms with Gasteiger partial charge in [-0.05, 0) is 46.3 Å². The van der Waals surface area contributed by atoms with Gasteiger partial charge in [-0.1, -0.05) is 6.92 Å². The van der Waals surface area contributed by atoms with E-state index in [1.54, 1.807) is 13.3 Å². The zero-order valence-corrected chi connectivity index (χ0v) is 13.4. The molecule has 0 aliphatic carbocycles. The van der Waals surface area contributed by atoms with Crippen molar-refractivity contribution >= 4 is 0 Å². The zero-order valence-electron chi connectivity index (χ0n) is 13.4. The molecule has 2 rings (SSSR count). The summed E-state index contributed by atoms with van der Waals surface area (Å²) >= 11 is 0. The van der Waals surface area contributed by atoms with Gasteiger partial charge in [0.05, 0.1) is 25.0 Å². The van der Waals surface area contributed by atoms with E-state index in [1.165, 1.54) is 25.9 Å². The standard InChI is InChI=1S/C15H28N4O/c1-6-15(2,19-9-7-8-10-19)14(16-3)13-12(20-5)11-17-18(13)4/h11,14,16H,6-10H2,1-5H3. The Morgan fingerprint density at radius 2 is 2.10 bits per heavy atom. The lowest BCUT2D eigenvalue weighted by atomic mass is 9.85. The van der Waals surface area contributed by atoms with Crippen molar-refractivity contribution in [3.63, 3.8) is 0 Å². The third-order valence-electron chi connectivity index (χ3n) is 4.90. The van der Waals surface area contributed by atoms with Gasteiger partial charge in [-0.3, -0.25) is 9.58 Å². The van der Waals surface area contributed by atoms with Gasteiger partial charge in [0.2, 0.25) is 0 Å². The average Bonchev–Trinajstić information content (AvgIpc) is 3.10. The first kappa shape index (κ1) is 15.3. The zero-order chi connectivity index (χ0) is 14.8. The van der Waals surface area contributed by atoms with Crippen molar-refractivity contribution in [1.29, 1.82) is 0 Å². The molecule has 20 heavy (non-hydrogen) atoms. The highest BCUT2D eigenvalue weighted by Gasteiger charge is 2.42. The third-order valence-corrected chi connectivity index (χ3v) is 4.90. The fraction of sp³-hybridized carbons (Fsp3) is 0.800. The number of aryl methyl sites for hydroxylation is 1. The van der Waals surface area contributed by atoms with E-state index in [4.69, 9.17) is 4.74 Å². The molecule has 0 spiro atoms. The summed E-state index contributed by atoms with van der Waals surface area (Å²) in [5, 5.41) is 7.87. The molecule has 0 amide bonds. The van der Waals surface area contributed by atoms with Crippen molar-refractivity contribution in [3.8, 4) is 5.75 Å². The molecule has 1 aliphatic heterocycles. The first-order valence-corrected chi connectivity index (χ1v) is 7.56. The molecule has 2 heterocycles. The number of aromatic nitrogens is 2. The maximum absolute atomic E-state index is 5.51. The summed E-state index contributed by atoms with van der Waals surface area (Å²) in [4.78, 5) is 2.61. The van der Waals surface area contributed by atoms with Crippen LogP contribution in [0.15, 0.2) is 6.20 Å². The Morgan fingerprint density at radius 1 is 1.45 bits per heavy atom. The molecule has 0 aromatic carbocycles. The number of likely N-dealkylation sites (N-methyl/N-ethyl adjacent to an activating group) is 1. The summed E-state index contributed by atoms with van der Waals surface area (Å²) in [7, 11) is 5.73. The number of likely N-dealkylation sites (tertiary alicyclic amines) is 1. The van der Waals surface area contributed by atoms with Crippen molar-refractivity contribution in [2.24, 2.45) is 7.05 Å². The van der Waals surface area contributed by atoms with Gasteiger partial charge in [-0.2, -0.15) is 5.10 Å². The Labute approximate surface area is 122 Å². The monoisotopic (exact) mass is 280 g/mol. The van der Waals surface area contributed by atoms with Crippen molar-refractivity contribution in [2.45, 2.75) is 44.7 Å². The van der Waals surface area contributed by atoms with Crippen LogP contribution in [0.25, 0.3) is 0 Å². The SMILES string of the molecule is CCC(C)(C(NC)c1c(OC)cnn1C)N1CCCC1. The quantitative estimate of drug-likeness (QED) is 0.865. The number of ether oxygens (including phenoxy) is 1. The number of rotatable bonds is 6. The highest BCUT2D eigenvalue weighted by atomic mass is 16.5. The Morgan fingerprint density at radius 3 is 2.60 bits per heavy atom. The molecule has 1 saturated heterocycles. The van der Waals surface area contributed by atoms with E-state index < -0.39 is 0 Å². The molecular weight excluding hydrogens is 252 g/mol. The number of methoxy groups -OCH3 is 1. The van der Waals surface area contributed by atoms with Gasteiger partial charge in [-0.15, -0.1) is 0 Å². The molecule has 1 aromatic rings. The lowest BCUT2D eigenvalue weighted by Gasteiger charge is -2.44. The summed E-state index contributed by atoms with van der Waals surface area (Å²) < 4.78 is 7.44. The molecule has 0 radical (unpaired) electrons. The molecule has 1 aromatic heterocycles.